The number of nitrogens with one attached hydrogen (secondary N) is 1. The lowest BCUT2D eigenvalue weighted by molar-refractivity contribution is 0.735. The van der Waals surface area contributed by atoms with Crippen molar-refractivity contribution < 1.29 is 0 Å². The molecule has 0 saturated carbocycles. The molecule has 0 spiro atoms. The van der Waals surface area contributed by atoms with Crippen LogP contribution in [0.1, 0.15) is 17.3 Å². The summed E-state index contributed by atoms with van der Waals surface area (Å²) in [6.07, 6.45) is 3.29. The molecule has 1 unspecified atom stereocenters. The number of nitrogens with zero attached hydrogens (tertiary/aromatic N) is 5. The SMILES string of the molecule is NCC(c1ccccc1)c1nnc2c3[nH]cnc3ncn12. The van der Waals surface area contributed by atoms with Crippen molar-refractivity contribution in [1.82, 2.24) is 29.5 Å². The maximum Gasteiger partial charge on any atom is 0.189 e. The normalized spacial score (nSPS) is 13.0. The molecule has 7 nitrogen and oxygen atoms in total. The van der Waals surface area contributed by atoms with Crippen LogP contribution in [0.25, 0.3) is 16.8 Å². The van der Waals surface area contributed by atoms with E-state index in [1.54, 1.807) is 12.7 Å². The maximum atomic E-state index is 5.96. The number of imidazole rings is 1. The van der Waals surface area contributed by atoms with E-state index in [4.69, 9.17) is 5.73 Å². The van der Waals surface area contributed by atoms with Gasteiger partial charge < -0.3 is 10.7 Å². The Morgan fingerprint density at radius 1 is 1.14 bits per heavy atom. The van der Waals surface area contributed by atoms with Gasteiger partial charge in [0.25, 0.3) is 0 Å². The fourth-order valence-corrected chi connectivity index (χ4v) is 2.56. The molecule has 0 bridgehead atoms. The molecule has 4 aromatic rings. The molecule has 3 heterocycles. The topological polar surface area (TPSA) is 97.8 Å². The number of hydrogen-bond acceptors (Lipinski definition) is 5. The first-order chi connectivity index (χ1) is 10.4. The highest BCUT2D eigenvalue weighted by Gasteiger charge is 2.20. The Bertz CT molecular complexity index is 893. The summed E-state index contributed by atoms with van der Waals surface area (Å²) in [7, 11) is 0. The van der Waals surface area contributed by atoms with Gasteiger partial charge in [0.15, 0.2) is 11.3 Å². The number of rotatable bonds is 3. The smallest absolute Gasteiger partial charge is 0.189 e. The Morgan fingerprint density at radius 2 is 2.00 bits per heavy atom. The average molecular weight is 279 g/mol. The minimum atomic E-state index is -0.0247. The molecule has 7 heteroatoms. The highest BCUT2D eigenvalue weighted by atomic mass is 15.3. The van der Waals surface area contributed by atoms with Crippen LogP contribution in [0.2, 0.25) is 0 Å². The first-order valence-corrected chi connectivity index (χ1v) is 6.66. The quantitative estimate of drug-likeness (QED) is 0.585. The van der Waals surface area contributed by atoms with Crippen molar-refractivity contribution in [3.63, 3.8) is 0 Å². The summed E-state index contributed by atoms with van der Waals surface area (Å²) in [5, 5.41) is 8.58. The van der Waals surface area contributed by atoms with Crippen LogP contribution in [0, 0.1) is 0 Å². The lowest BCUT2D eigenvalue weighted by Crippen LogP contribution is -2.16. The van der Waals surface area contributed by atoms with Crippen LogP contribution in [0.15, 0.2) is 43.0 Å². The first-order valence-electron chi connectivity index (χ1n) is 6.66. The third-order valence-electron chi connectivity index (χ3n) is 3.61. The summed E-state index contributed by atoms with van der Waals surface area (Å²) in [6.45, 7) is 0.450. The van der Waals surface area contributed by atoms with Gasteiger partial charge in [0, 0.05) is 6.54 Å². The van der Waals surface area contributed by atoms with Crippen molar-refractivity contribution in [1.29, 1.82) is 0 Å². The minimum absolute atomic E-state index is 0.0247. The zero-order valence-corrected chi connectivity index (χ0v) is 11.1. The molecule has 1 aromatic carbocycles. The van der Waals surface area contributed by atoms with Crippen LogP contribution in [-0.2, 0) is 0 Å². The molecule has 104 valence electrons. The Hall–Kier alpha value is -2.80. The zero-order chi connectivity index (χ0) is 14.2. The van der Waals surface area contributed by atoms with Crippen molar-refractivity contribution in [3.8, 4) is 0 Å². The zero-order valence-electron chi connectivity index (χ0n) is 11.1. The molecule has 3 aromatic heterocycles. The Balaban J connectivity index is 1.93. The number of aromatic amines is 1. The molecule has 0 aliphatic carbocycles. The number of benzene rings is 1. The molecule has 3 N–H and O–H groups in total. The van der Waals surface area contributed by atoms with Gasteiger partial charge in [-0.25, -0.2) is 9.97 Å². The predicted octanol–water partition coefficient (Wildman–Crippen LogP) is 1.09. The molecule has 0 aliphatic heterocycles. The van der Waals surface area contributed by atoms with Crippen LogP contribution in [0.3, 0.4) is 0 Å². The second-order valence-electron chi connectivity index (χ2n) is 4.80. The van der Waals surface area contributed by atoms with Crippen LogP contribution >= 0.6 is 0 Å². The van der Waals surface area contributed by atoms with E-state index in [9.17, 15) is 0 Å². The van der Waals surface area contributed by atoms with Crippen LogP contribution < -0.4 is 5.73 Å². The van der Waals surface area contributed by atoms with Crippen LogP contribution in [0.5, 0.6) is 0 Å². The van der Waals surface area contributed by atoms with Crippen molar-refractivity contribution in [2.24, 2.45) is 5.73 Å². The van der Waals surface area contributed by atoms with Gasteiger partial charge >= 0.3 is 0 Å². The van der Waals surface area contributed by atoms with Crippen molar-refractivity contribution >= 4 is 16.8 Å². The van der Waals surface area contributed by atoms with E-state index in [0.29, 0.717) is 17.8 Å². The van der Waals surface area contributed by atoms with E-state index in [-0.39, 0.29) is 5.92 Å². The monoisotopic (exact) mass is 279 g/mol. The van der Waals surface area contributed by atoms with Gasteiger partial charge in [0.05, 0.1) is 12.2 Å². The number of H-pyrrole nitrogens is 1. The van der Waals surface area contributed by atoms with Gasteiger partial charge in [-0.3, -0.25) is 4.40 Å². The van der Waals surface area contributed by atoms with Crippen molar-refractivity contribution in [2.45, 2.75) is 5.92 Å². The Kier molecular flexibility index (Phi) is 2.65. The standard InChI is InChI=1S/C14H13N7/c15-6-10(9-4-2-1-3-5-9)13-19-20-14-11-12(17-7-16-11)18-8-21(13)14/h1-5,7-8,10H,6,15H2,(H,16,17). The summed E-state index contributed by atoms with van der Waals surface area (Å²) in [4.78, 5) is 11.5. The van der Waals surface area contributed by atoms with Gasteiger partial charge in [-0.05, 0) is 5.56 Å². The van der Waals surface area contributed by atoms with Crippen molar-refractivity contribution in [3.05, 3.63) is 54.4 Å². The van der Waals surface area contributed by atoms with E-state index >= 15 is 0 Å². The summed E-state index contributed by atoms with van der Waals surface area (Å²) in [5.74, 6) is 0.756. The molecular weight excluding hydrogens is 266 g/mol. The third kappa shape index (κ3) is 1.78. The van der Waals surface area contributed by atoms with E-state index in [2.05, 4.69) is 25.1 Å². The molecule has 1 atom stereocenters. The molecule has 0 fully saturated rings. The highest BCUT2D eigenvalue weighted by molar-refractivity contribution is 5.84. The largest absolute Gasteiger partial charge is 0.340 e. The average Bonchev–Trinajstić information content (AvgIpc) is 3.15. The van der Waals surface area contributed by atoms with Crippen molar-refractivity contribution in [2.75, 3.05) is 6.54 Å². The molecule has 0 aliphatic rings. The van der Waals surface area contributed by atoms with Gasteiger partial charge in [-0.2, -0.15) is 0 Å². The minimum Gasteiger partial charge on any atom is -0.340 e. The molecule has 21 heavy (non-hydrogen) atoms. The summed E-state index contributed by atoms with van der Waals surface area (Å²) in [5.41, 5.74) is 9.19. The lowest BCUT2D eigenvalue weighted by atomic mass is 9.98. The fourth-order valence-electron chi connectivity index (χ4n) is 2.56. The second-order valence-corrected chi connectivity index (χ2v) is 4.80. The number of nitrogens with two attached hydrogens (primary N) is 1. The van der Waals surface area contributed by atoms with E-state index < -0.39 is 0 Å². The lowest BCUT2D eigenvalue weighted by Gasteiger charge is -2.13. The summed E-state index contributed by atoms with van der Waals surface area (Å²) < 4.78 is 1.87. The van der Waals surface area contributed by atoms with Gasteiger partial charge in [-0.15, -0.1) is 10.2 Å². The fraction of sp³-hybridized carbons (Fsp3) is 0.143. The van der Waals surface area contributed by atoms with Crippen LogP contribution in [-0.4, -0.2) is 36.1 Å². The highest BCUT2D eigenvalue weighted by Crippen LogP contribution is 2.23. The van der Waals surface area contributed by atoms with Gasteiger partial charge in [0.2, 0.25) is 0 Å². The molecular formula is C14H13N7. The third-order valence-corrected chi connectivity index (χ3v) is 3.61. The first kappa shape index (κ1) is 12.0. The Morgan fingerprint density at radius 3 is 2.81 bits per heavy atom. The van der Waals surface area contributed by atoms with Crippen LogP contribution in [0.4, 0.5) is 0 Å². The number of fused-ring (bicyclic) bond motifs is 3. The molecule has 4 rings (SSSR count). The Labute approximate surface area is 119 Å². The molecule has 0 radical (unpaired) electrons. The number of aromatic nitrogens is 6. The molecule has 0 saturated heterocycles. The van der Waals surface area contributed by atoms with Gasteiger partial charge in [-0.1, -0.05) is 30.3 Å². The molecule has 0 amide bonds. The predicted molar refractivity (Wildman–Crippen MR) is 77.8 cm³/mol. The van der Waals surface area contributed by atoms with E-state index in [1.165, 1.54) is 0 Å². The summed E-state index contributed by atoms with van der Waals surface area (Å²) >= 11 is 0. The van der Waals surface area contributed by atoms with Gasteiger partial charge in [0.1, 0.15) is 17.7 Å². The van der Waals surface area contributed by atoms with E-state index in [0.717, 1.165) is 16.9 Å². The summed E-state index contributed by atoms with van der Waals surface area (Å²) in [6, 6.07) is 10.1. The maximum absolute atomic E-state index is 5.96. The van der Waals surface area contributed by atoms with E-state index in [1.807, 2.05) is 34.7 Å². The number of hydrogen-bond donors (Lipinski definition) is 2. The second kappa shape index (κ2) is 4.64.